The molecular formula is C16H19ClO4. The molecule has 5 heteroatoms. The van der Waals surface area contributed by atoms with Crippen molar-refractivity contribution in [2.45, 2.75) is 44.4 Å². The van der Waals surface area contributed by atoms with E-state index in [2.05, 4.69) is 0 Å². The zero-order valence-corrected chi connectivity index (χ0v) is 12.8. The first-order valence-electron chi connectivity index (χ1n) is 7.45. The quantitative estimate of drug-likeness (QED) is 0.927. The minimum absolute atomic E-state index is 0.467. The van der Waals surface area contributed by atoms with E-state index in [1.165, 1.54) is 0 Å². The third kappa shape index (κ3) is 2.16. The van der Waals surface area contributed by atoms with Crippen LogP contribution in [0.1, 0.15) is 43.7 Å². The van der Waals surface area contributed by atoms with Crippen LogP contribution in [-0.2, 0) is 16.6 Å². The zero-order chi connectivity index (χ0) is 15.0. The van der Waals surface area contributed by atoms with Crippen molar-refractivity contribution in [2.24, 2.45) is 0 Å². The summed E-state index contributed by atoms with van der Waals surface area (Å²) in [5, 5.41) is 10.3. The van der Waals surface area contributed by atoms with Crippen molar-refractivity contribution >= 4 is 17.6 Å². The summed E-state index contributed by atoms with van der Waals surface area (Å²) < 4.78 is 11.2. The number of halogens is 1. The van der Waals surface area contributed by atoms with Crippen molar-refractivity contribution in [2.75, 3.05) is 13.2 Å². The second kappa shape index (κ2) is 5.41. The van der Waals surface area contributed by atoms with Crippen LogP contribution in [0.3, 0.4) is 0 Å². The van der Waals surface area contributed by atoms with Crippen LogP contribution >= 0.6 is 11.6 Å². The van der Waals surface area contributed by atoms with Gasteiger partial charge in [0.15, 0.2) is 11.5 Å². The fourth-order valence-electron chi connectivity index (χ4n) is 3.53. The van der Waals surface area contributed by atoms with E-state index in [0.29, 0.717) is 49.0 Å². The molecule has 4 nitrogen and oxygen atoms in total. The summed E-state index contributed by atoms with van der Waals surface area (Å²) in [6.07, 6.45) is 3.86. The van der Waals surface area contributed by atoms with Crippen LogP contribution in [0, 0.1) is 0 Å². The largest absolute Gasteiger partial charge is 0.486 e. The predicted molar refractivity (Wildman–Crippen MR) is 79.6 cm³/mol. The van der Waals surface area contributed by atoms with Gasteiger partial charge in [-0.2, -0.15) is 0 Å². The van der Waals surface area contributed by atoms with Crippen LogP contribution in [0.2, 0.25) is 5.02 Å². The van der Waals surface area contributed by atoms with E-state index in [1.807, 2.05) is 13.0 Å². The Morgan fingerprint density at radius 2 is 2.00 bits per heavy atom. The van der Waals surface area contributed by atoms with Gasteiger partial charge >= 0.3 is 5.97 Å². The van der Waals surface area contributed by atoms with Gasteiger partial charge in [-0.3, -0.25) is 4.79 Å². The molecule has 0 amide bonds. The molecule has 114 valence electrons. The van der Waals surface area contributed by atoms with Crippen molar-refractivity contribution in [3.8, 4) is 11.5 Å². The maximum absolute atomic E-state index is 12.0. The maximum Gasteiger partial charge on any atom is 0.314 e. The first-order chi connectivity index (χ1) is 10.1. The number of hydrogen-bond donors (Lipinski definition) is 1. The van der Waals surface area contributed by atoms with E-state index in [1.54, 1.807) is 0 Å². The van der Waals surface area contributed by atoms with Crippen LogP contribution in [-0.4, -0.2) is 24.3 Å². The van der Waals surface area contributed by atoms with Gasteiger partial charge in [-0.15, -0.1) is 0 Å². The fourth-order valence-corrected chi connectivity index (χ4v) is 3.92. The number of fused-ring (bicyclic) bond motifs is 1. The number of aliphatic carboxylic acids is 1. The number of benzene rings is 1. The zero-order valence-electron chi connectivity index (χ0n) is 12.1. The Balaban J connectivity index is 2.21. The Labute approximate surface area is 129 Å². The van der Waals surface area contributed by atoms with E-state index in [-0.39, 0.29) is 0 Å². The average molecular weight is 311 g/mol. The van der Waals surface area contributed by atoms with Gasteiger partial charge in [0.05, 0.1) is 10.4 Å². The van der Waals surface area contributed by atoms with Gasteiger partial charge in [0.1, 0.15) is 13.2 Å². The highest BCUT2D eigenvalue weighted by Gasteiger charge is 2.45. The molecule has 1 aliphatic heterocycles. The summed E-state index contributed by atoms with van der Waals surface area (Å²) in [6.45, 7) is 2.93. The van der Waals surface area contributed by atoms with Crippen LogP contribution < -0.4 is 9.47 Å². The number of carboxylic acid groups (broad SMARTS) is 1. The molecule has 2 aliphatic rings. The lowest BCUT2D eigenvalue weighted by Crippen LogP contribution is -2.34. The fraction of sp³-hybridized carbons (Fsp3) is 0.562. The summed E-state index contributed by atoms with van der Waals surface area (Å²) in [7, 11) is 0. The average Bonchev–Trinajstić information content (AvgIpc) is 2.98. The minimum Gasteiger partial charge on any atom is -0.486 e. The Kier molecular flexibility index (Phi) is 3.74. The molecular weight excluding hydrogens is 292 g/mol. The van der Waals surface area contributed by atoms with Gasteiger partial charge in [-0.25, -0.2) is 0 Å². The minimum atomic E-state index is -0.829. The van der Waals surface area contributed by atoms with E-state index >= 15 is 0 Å². The first kappa shape index (κ1) is 14.5. The molecule has 1 aliphatic carbocycles. The van der Waals surface area contributed by atoms with Crippen molar-refractivity contribution in [3.05, 3.63) is 22.2 Å². The Hall–Kier alpha value is -1.42. The van der Waals surface area contributed by atoms with E-state index in [9.17, 15) is 9.90 Å². The summed E-state index contributed by atoms with van der Waals surface area (Å²) in [4.78, 5) is 12.0. The highest BCUT2D eigenvalue weighted by atomic mass is 35.5. The summed E-state index contributed by atoms with van der Waals surface area (Å²) in [5.41, 5.74) is 0.861. The SMILES string of the molecule is CCc1c(C2(C(=O)O)CCCC2)cc2c(c1Cl)OCCO2. The van der Waals surface area contributed by atoms with Crippen LogP contribution in [0.25, 0.3) is 0 Å². The smallest absolute Gasteiger partial charge is 0.314 e. The molecule has 0 spiro atoms. The summed E-state index contributed by atoms with van der Waals surface area (Å²) >= 11 is 6.48. The molecule has 0 saturated heterocycles. The molecule has 0 atom stereocenters. The van der Waals surface area contributed by atoms with Crippen LogP contribution in [0.15, 0.2) is 6.07 Å². The van der Waals surface area contributed by atoms with E-state index in [4.69, 9.17) is 21.1 Å². The third-order valence-corrected chi connectivity index (χ3v) is 5.01. The van der Waals surface area contributed by atoms with Gasteiger partial charge in [-0.05, 0) is 36.5 Å². The van der Waals surface area contributed by atoms with Gasteiger partial charge < -0.3 is 14.6 Å². The lowest BCUT2D eigenvalue weighted by Gasteiger charge is -2.30. The Morgan fingerprint density at radius 3 is 2.62 bits per heavy atom. The molecule has 3 rings (SSSR count). The monoisotopic (exact) mass is 310 g/mol. The molecule has 1 heterocycles. The highest BCUT2D eigenvalue weighted by molar-refractivity contribution is 6.33. The normalized spacial score (nSPS) is 19.5. The van der Waals surface area contributed by atoms with Crippen LogP contribution in [0.5, 0.6) is 11.5 Å². The second-order valence-electron chi connectivity index (χ2n) is 5.69. The number of ether oxygens (including phenoxy) is 2. The molecule has 1 aromatic carbocycles. The molecule has 0 radical (unpaired) electrons. The van der Waals surface area contributed by atoms with Crippen molar-refractivity contribution < 1.29 is 19.4 Å². The van der Waals surface area contributed by atoms with Gasteiger partial charge in [0.25, 0.3) is 0 Å². The topological polar surface area (TPSA) is 55.8 Å². The molecule has 1 saturated carbocycles. The molecule has 1 fully saturated rings. The first-order valence-corrected chi connectivity index (χ1v) is 7.83. The van der Waals surface area contributed by atoms with Gasteiger partial charge in [0.2, 0.25) is 0 Å². The van der Waals surface area contributed by atoms with Crippen molar-refractivity contribution in [1.29, 1.82) is 0 Å². The molecule has 1 aromatic rings. The highest BCUT2D eigenvalue weighted by Crippen LogP contribution is 2.49. The van der Waals surface area contributed by atoms with Gasteiger partial charge in [0, 0.05) is 0 Å². The summed E-state index contributed by atoms with van der Waals surface area (Å²) in [5.74, 6) is 0.371. The lowest BCUT2D eigenvalue weighted by atomic mass is 9.76. The molecule has 0 bridgehead atoms. The Bertz CT molecular complexity index is 576. The van der Waals surface area contributed by atoms with Crippen molar-refractivity contribution in [3.63, 3.8) is 0 Å². The van der Waals surface area contributed by atoms with Gasteiger partial charge in [-0.1, -0.05) is 31.4 Å². The third-order valence-electron chi connectivity index (χ3n) is 4.61. The number of rotatable bonds is 3. The number of carboxylic acids is 1. The maximum atomic E-state index is 12.0. The van der Waals surface area contributed by atoms with E-state index < -0.39 is 11.4 Å². The summed E-state index contributed by atoms with van der Waals surface area (Å²) in [6, 6.07) is 1.85. The molecule has 0 unspecified atom stereocenters. The predicted octanol–water partition coefficient (Wildman–Crippen LogP) is 3.57. The lowest BCUT2D eigenvalue weighted by molar-refractivity contribution is -0.143. The van der Waals surface area contributed by atoms with Crippen LogP contribution in [0.4, 0.5) is 0 Å². The standard InChI is InChI=1S/C16H19ClO4/c1-2-10-11(16(15(18)19)5-3-4-6-16)9-12-14(13(10)17)21-8-7-20-12/h9H,2-8H2,1H3,(H,18,19). The molecule has 1 N–H and O–H groups in total. The Morgan fingerprint density at radius 1 is 1.33 bits per heavy atom. The van der Waals surface area contributed by atoms with Crippen molar-refractivity contribution in [1.82, 2.24) is 0 Å². The number of hydrogen-bond acceptors (Lipinski definition) is 3. The van der Waals surface area contributed by atoms with E-state index in [0.717, 1.165) is 24.0 Å². The molecule has 21 heavy (non-hydrogen) atoms. The second-order valence-corrected chi connectivity index (χ2v) is 6.07. The molecule has 0 aromatic heterocycles. The number of carbonyl (C=O) groups is 1.